The van der Waals surface area contributed by atoms with Crippen LogP contribution < -0.4 is 10.2 Å². The molecule has 0 amide bonds. The molecule has 4 aromatic rings. The van der Waals surface area contributed by atoms with Gasteiger partial charge in [0.25, 0.3) is 0 Å². The molecule has 10 nitrogen and oxygen atoms in total. The van der Waals surface area contributed by atoms with E-state index < -0.39 is 43.9 Å². The van der Waals surface area contributed by atoms with Crippen molar-refractivity contribution >= 4 is 33.1 Å². The van der Waals surface area contributed by atoms with Gasteiger partial charge in [0, 0.05) is 43.7 Å². The van der Waals surface area contributed by atoms with Crippen LogP contribution in [0.4, 0.5) is 45.2 Å². The van der Waals surface area contributed by atoms with Crippen LogP contribution in [0.25, 0.3) is 11.3 Å². The van der Waals surface area contributed by atoms with Crippen LogP contribution in [0.1, 0.15) is 30.0 Å². The lowest BCUT2D eigenvalue weighted by atomic mass is 10.1. The van der Waals surface area contributed by atoms with Crippen molar-refractivity contribution in [3.05, 3.63) is 53.5 Å². The van der Waals surface area contributed by atoms with Gasteiger partial charge >= 0.3 is 6.18 Å². The van der Waals surface area contributed by atoms with Gasteiger partial charge in [-0.3, -0.25) is 9.78 Å². The van der Waals surface area contributed by atoms with Crippen LogP contribution >= 0.6 is 0 Å². The first-order valence-electron chi connectivity index (χ1n) is 11.5. The van der Waals surface area contributed by atoms with Crippen molar-refractivity contribution in [2.45, 2.75) is 29.8 Å². The number of aromatic amines is 1. The first-order chi connectivity index (χ1) is 18.2. The van der Waals surface area contributed by atoms with E-state index in [-0.39, 0.29) is 23.5 Å². The van der Waals surface area contributed by atoms with Crippen LogP contribution in [0.15, 0.2) is 35.5 Å². The largest absolute Gasteiger partial charge is 0.432 e. The molecule has 0 atom stereocenters. The summed E-state index contributed by atoms with van der Waals surface area (Å²) in [6.07, 6.45) is 0.898. The summed E-state index contributed by atoms with van der Waals surface area (Å²) < 4.78 is 94.6. The third-order valence-electron chi connectivity index (χ3n) is 6.08. The van der Waals surface area contributed by atoms with Crippen LogP contribution in [0.2, 0.25) is 0 Å². The fourth-order valence-corrected chi connectivity index (χ4v) is 4.69. The Morgan fingerprint density at radius 2 is 1.79 bits per heavy atom. The number of nitrogens with one attached hydrogen (secondary N) is 2. The Hall–Kier alpha value is -4.08. The zero-order chi connectivity index (χ0) is 28.3. The van der Waals surface area contributed by atoms with Crippen molar-refractivity contribution in [1.29, 1.82) is 0 Å². The molecule has 206 valence electrons. The van der Waals surface area contributed by atoms with Gasteiger partial charge in [0.05, 0.1) is 16.8 Å². The fraction of sp³-hybridized carbons (Fsp3) is 0.304. The van der Waals surface area contributed by atoms with E-state index in [4.69, 9.17) is 0 Å². The lowest BCUT2D eigenvalue weighted by Crippen LogP contribution is -2.19. The summed E-state index contributed by atoms with van der Waals surface area (Å²) in [6, 6.07) is 2.15. The SMILES string of the molecule is CN(c1nc(Nc2cc(C(F)(F)F)[nH]n2)c(C2CC2)c(-c2cnn(C)c2)n1)c1c(F)cc(S(C)(=O)=O)cc1F. The Balaban J connectivity index is 1.66. The van der Waals surface area contributed by atoms with Crippen molar-refractivity contribution in [3.8, 4) is 11.3 Å². The van der Waals surface area contributed by atoms with Crippen molar-refractivity contribution in [1.82, 2.24) is 29.9 Å². The van der Waals surface area contributed by atoms with E-state index in [1.807, 2.05) is 5.10 Å². The average molecular weight is 569 g/mol. The topological polar surface area (TPSA) is 122 Å². The highest BCUT2D eigenvalue weighted by Gasteiger charge is 2.35. The van der Waals surface area contributed by atoms with Gasteiger partial charge in [-0.25, -0.2) is 22.2 Å². The van der Waals surface area contributed by atoms with Gasteiger partial charge < -0.3 is 10.2 Å². The number of benzene rings is 1. The summed E-state index contributed by atoms with van der Waals surface area (Å²) in [5.74, 6) is -2.66. The summed E-state index contributed by atoms with van der Waals surface area (Å²) in [5, 5.41) is 12.5. The smallest absolute Gasteiger partial charge is 0.323 e. The first kappa shape index (κ1) is 26.5. The molecule has 5 rings (SSSR count). The molecule has 1 aliphatic carbocycles. The molecule has 0 spiro atoms. The minimum atomic E-state index is -4.66. The van der Waals surface area contributed by atoms with Gasteiger partial charge in [-0.2, -0.15) is 28.4 Å². The summed E-state index contributed by atoms with van der Waals surface area (Å²) >= 11 is 0. The lowest BCUT2D eigenvalue weighted by Gasteiger charge is -2.22. The van der Waals surface area contributed by atoms with Gasteiger partial charge in [-0.1, -0.05) is 0 Å². The van der Waals surface area contributed by atoms with Gasteiger partial charge in [-0.15, -0.1) is 0 Å². The van der Waals surface area contributed by atoms with E-state index in [0.717, 1.165) is 30.1 Å². The van der Waals surface area contributed by atoms with Gasteiger partial charge in [0.2, 0.25) is 5.95 Å². The molecule has 1 aromatic carbocycles. The number of halogens is 5. The van der Waals surface area contributed by atoms with Gasteiger partial charge in [0.15, 0.2) is 27.3 Å². The average Bonchev–Trinajstić information content (AvgIpc) is 3.38. The number of alkyl halides is 3. The first-order valence-corrected chi connectivity index (χ1v) is 13.3. The molecule has 3 heterocycles. The maximum atomic E-state index is 15.0. The Bertz CT molecular complexity index is 1650. The van der Waals surface area contributed by atoms with Crippen LogP contribution in [0, 0.1) is 11.6 Å². The summed E-state index contributed by atoms with van der Waals surface area (Å²) in [4.78, 5) is 9.41. The molecule has 1 saturated carbocycles. The molecule has 0 bridgehead atoms. The van der Waals surface area contributed by atoms with Crippen LogP contribution in [0.5, 0.6) is 0 Å². The van der Waals surface area contributed by atoms with E-state index in [1.54, 1.807) is 13.2 Å². The minimum Gasteiger partial charge on any atom is -0.323 e. The van der Waals surface area contributed by atoms with Crippen LogP contribution in [-0.4, -0.2) is 51.7 Å². The third kappa shape index (κ3) is 5.28. The summed E-state index contributed by atoms with van der Waals surface area (Å²) in [6.45, 7) is 0. The quantitative estimate of drug-likeness (QED) is 0.308. The van der Waals surface area contributed by atoms with Crippen molar-refractivity contribution in [3.63, 3.8) is 0 Å². The second-order valence-electron chi connectivity index (χ2n) is 9.17. The normalized spacial score (nSPS) is 14.1. The predicted molar refractivity (Wildman–Crippen MR) is 131 cm³/mol. The molecular formula is C23H21F5N8O2S. The number of sulfone groups is 1. The number of hydrogen-bond donors (Lipinski definition) is 2. The van der Waals surface area contributed by atoms with Crippen molar-refractivity contribution in [2.24, 2.45) is 7.05 Å². The van der Waals surface area contributed by atoms with E-state index >= 15 is 8.78 Å². The molecule has 3 aromatic heterocycles. The molecule has 1 aliphatic rings. The second kappa shape index (κ2) is 9.29. The maximum Gasteiger partial charge on any atom is 0.432 e. The zero-order valence-corrected chi connectivity index (χ0v) is 21.5. The zero-order valence-electron chi connectivity index (χ0n) is 20.7. The number of H-pyrrole nitrogens is 1. The highest BCUT2D eigenvalue weighted by atomic mass is 32.2. The Morgan fingerprint density at radius 3 is 2.31 bits per heavy atom. The van der Waals surface area contributed by atoms with E-state index in [0.29, 0.717) is 29.0 Å². The molecule has 2 N–H and O–H groups in total. The second-order valence-corrected chi connectivity index (χ2v) is 11.2. The van der Waals surface area contributed by atoms with Crippen LogP contribution in [0.3, 0.4) is 0 Å². The molecule has 0 radical (unpaired) electrons. The van der Waals surface area contributed by atoms with E-state index in [9.17, 15) is 21.6 Å². The number of hydrogen-bond acceptors (Lipinski definition) is 8. The van der Waals surface area contributed by atoms with Gasteiger partial charge in [0.1, 0.15) is 17.2 Å². The van der Waals surface area contributed by atoms with Crippen molar-refractivity contribution < 1.29 is 30.4 Å². The molecule has 0 unspecified atom stereocenters. The third-order valence-corrected chi connectivity index (χ3v) is 7.17. The fourth-order valence-electron chi connectivity index (χ4n) is 4.05. The van der Waals surface area contributed by atoms with Gasteiger partial charge in [-0.05, 0) is 30.9 Å². The van der Waals surface area contributed by atoms with Crippen molar-refractivity contribution in [2.75, 3.05) is 23.5 Å². The van der Waals surface area contributed by atoms with Crippen LogP contribution in [-0.2, 0) is 23.1 Å². The number of aryl methyl sites for hydroxylation is 1. The molecule has 1 fully saturated rings. The Kier molecular flexibility index (Phi) is 6.32. The van der Waals surface area contributed by atoms with E-state index in [1.165, 1.54) is 17.9 Å². The lowest BCUT2D eigenvalue weighted by molar-refractivity contribution is -0.141. The maximum absolute atomic E-state index is 15.0. The standard InChI is InChI=1S/C23H21F5N8O2S/c1-35-10-12(9-29-35)19-18(11-4-5-11)21(30-17-8-16(33-34-17)23(26,27)28)32-22(31-19)36(2)20-14(24)6-13(7-15(20)25)39(3,37)38/h6-11H,4-5H2,1-3H3,(H2,30,31,32,33,34). The number of anilines is 4. The summed E-state index contributed by atoms with van der Waals surface area (Å²) in [5.41, 5.74) is -0.197. The Labute approximate surface area is 218 Å². The number of aromatic nitrogens is 6. The van der Waals surface area contributed by atoms with E-state index in [2.05, 4.69) is 25.5 Å². The molecule has 16 heteroatoms. The monoisotopic (exact) mass is 568 g/mol. The molecule has 0 aliphatic heterocycles. The highest BCUT2D eigenvalue weighted by Crippen LogP contribution is 2.48. The summed E-state index contributed by atoms with van der Waals surface area (Å²) in [7, 11) is -0.929. The number of nitrogens with zero attached hydrogens (tertiary/aromatic N) is 6. The predicted octanol–water partition coefficient (Wildman–Crippen LogP) is 4.69. The molecule has 39 heavy (non-hydrogen) atoms. The Morgan fingerprint density at radius 1 is 1.13 bits per heavy atom. The molecular weight excluding hydrogens is 547 g/mol. The minimum absolute atomic E-state index is 0.0226. The highest BCUT2D eigenvalue weighted by molar-refractivity contribution is 7.90. The molecule has 0 saturated heterocycles. The number of rotatable bonds is 7.